The van der Waals surface area contributed by atoms with Crippen LogP contribution in [0.4, 0.5) is 15.9 Å². The SMILES string of the molecule is CC(C)c1nc(Cl)cc(Nc2c(Cl)cc(F)cc2Cl)n1. The topological polar surface area (TPSA) is 37.8 Å². The molecule has 0 amide bonds. The summed E-state index contributed by atoms with van der Waals surface area (Å²) >= 11 is 17.9. The fourth-order valence-corrected chi connectivity index (χ4v) is 2.29. The lowest BCUT2D eigenvalue weighted by molar-refractivity contribution is 0.628. The summed E-state index contributed by atoms with van der Waals surface area (Å²) in [6, 6.07) is 3.88. The number of rotatable bonds is 3. The van der Waals surface area contributed by atoms with Crippen LogP contribution in [0, 0.1) is 5.82 Å². The summed E-state index contributed by atoms with van der Waals surface area (Å²) in [6.07, 6.45) is 0. The Labute approximate surface area is 131 Å². The lowest BCUT2D eigenvalue weighted by Gasteiger charge is -2.12. The molecule has 0 aliphatic carbocycles. The normalized spacial score (nSPS) is 10.9. The number of hydrogen-bond donors (Lipinski definition) is 1. The quantitative estimate of drug-likeness (QED) is 0.759. The van der Waals surface area contributed by atoms with Crippen LogP contribution in [0.3, 0.4) is 0 Å². The molecule has 0 fully saturated rings. The third-order valence-electron chi connectivity index (χ3n) is 2.49. The molecule has 0 saturated carbocycles. The molecule has 0 aliphatic heterocycles. The second-order valence-electron chi connectivity index (χ2n) is 4.46. The Morgan fingerprint density at radius 2 is 1.65 bits per heavy atom. The highest BCUT2D eigenvalue weighted by atomic mass is 35.5. The molecule has 1 N–H and O–H groups in total. The van der Waals surface area contributed by atoms with Gasteiger partial charge in [0.05, 0.1) is 15.7 Å². The highest BCUT2D eigenvalue weighted by molar-refractivity contribution is 6.39. The van der Waals surface area contributed by atoms with E-state index >= 15 is 0 Å². The first-order valence-electron chi connectivity index (χ1n) is 5.83. The molecule has 0 radical (unpaired) electrons. The van der Waals surface area contributed by atoms with Crippen molar-refractivity contribution in [1.82, 2.24) is 9.97 Å². The van der Waals surface area contributed by atoms with Crippen molar-refractivity contribution in [2.24, 2.45) is 0 Å². The minimum atomic E-state index is -0.505. The number of aromatic nitrogens is 2. The molecule has 0 saturated heterocycles. The largest absolute Gasteiger partial charge is 0.338 e. The fraction of sp³-hybridized carbons (Fsp3) is 0.231. The summed E-state index contributed by atoms with van der Waals surface area (Å²) < 4.78 is 13.1. The van der Waals surface area contributed by atoms with E-state index in [9.17, 15) is 4.39 Å². The van der Waals surface area contributed by atoms with Crippen LogP contribution in [0.1, 0.15) is 25.6 Å². The number of hydrogen-bond acceptors (Lipinski definition) is 3. The van der Waals surface area contributed by atoms with E-state index in [0.29, 0.717) is 22.5 Å². The van der Waals surface area contributed by atoms with Gasteiger partial charge in [0.1, 0.15) is 22.6 Å². The van der Waals surface area contributed by atoms with Gasteiger partial charge in [0, 0.05) is 12.0 Å². The molecule has 0 spiro atoms. The summed E-state index contributed by atoms with van der Waals surface area (Å²) in [6.45, 7) is 3.90. The first-order chi connectivity index (χ1) is 9.36. The molecule has 2 aromatic rings. The summed E-state index contributed by atoms with van der Waals surface area (Å²) in [5.74, 6) is 0.654. The van der Waals surface area contributed by atoms with Crippen molar-refractivity contribution in [3.05, 3.63) is 45.0 Å². The summed E-state index contributed by atoms with van der Waals surface area (Å²) in [5.41, 5.74) is 0.374. The van der Waals surface area contributed by atoms with Crippen LogP contribution in [0.2, 0.25) is 15.2 Å². The van der Waals surface area contributed by atoms with Crippen molar-refractivity contribution < 1.29 is 4.39 Å². The number of benzene rings is 1. The average molecular weight is 335 g/mol. The van der Waals surface area contributed by atoms with E-state index in [0.717, 1.165) is 0 Å². The van der Waals surface area contributed by atoms with Crippen LogP contribution in [0.15, 0.2) is 18.2 Å². The van der Waals surface area contributed by atoms with Gasteiger partial charge in [0.15, 0.2) is 0 Å². The minimum absolute atomic E-state index is 0.119. The summed E-state index contributed by atoms with van der Waals surface area (Å²) in [4.78, 5) is 8.44. The van der Waals surface area contributed by atoms with Gasteiger partial charge in [-0.15, -0.1) is 0 Å². The Hall–Kier alpha value is -1.10. The van der Waals surface area contributed by atoms with Crippen LogP contribution < -0.4 is 5.32 Å². The van der Waals surface area contributed by atoms with Crippen LogP contribution in [-0.2, 0) is 0 Å². The van der Waals surface area contributed by atoms with Crippen LogP contribution in [-0.4, -0.2) is 9.97 Å². The molecule has 0 bridgehead atoms. The predicted octanol–water partition coefficient (Wildman–Crippen LogP) is 5.44. The van der Waals surface area contributed by atoms with Crippen LogP contribution >= 0.6 is 34.8 Å². The molecular weight excluding hydrogens is 324 g/mol. The Morgan fingerprint density at radius 3 is 2.20 bits per heavy atom. The third kappa shape index (κ3) is 3.51. The molecule has 1 aromatic carbocycles. The fourth-order valence-electron chi connectivity index (χ4n) is 1.55. The van der Waals surface area contributed by atoms with Gasteiger partial charge in [0.25, 0.3) is 0 Å². The second kappa shape index (κ2) is 6.12. The number of nitrogens with zero attached hydrogens (tertiary/aromatic N) is 2. The van der Waals surface area contributed by atoms with E-state index in [4.69, 9.17) is 34.8 Å². The number of anilines is 2. The maximum absolute atomic E-state index is 13.1. The zero-order valence-electron chi connectivity index (χ0n) is 10.7. The molecule has 0 atom stereocenters. The smallest absolute Gasteiger partial charge is 0.135 e. The van der Waals surface area contributed by atoms with Gasteiger partial charge in [-0.3, -0.25) is 0 Å². The monoisotopic (exact) mass is 333 g/mol. The molecule has 0 aliphatic rings. The van der Waals surface area contributed by atoms with Crippen LogP contribution in [0.25, 0.3) is 0 Å². The Bertz CT molecular complexity index is 624. The number of nitrogens with one attached hydrogen (secondary N) is 1. The lowest BCUT2D eigenvalue weighted by Crippen LogP contribution is -2.03. The van der Waals surface area contributed by atoms with Crippen LogP contribution in [0.5, 0.6) is 0 Å². The average Bonchev–Trinajstić information content (AvgIpc) is 2.33. The van der Waals surface area contributed by atoms with E-state index in [-0.39, 0.29) is 16.0 Å². The Kier molecular flexibility index (Phi) is 4.68. The van der Waals surface area contributed by atoms with Crippen molar-refractivity contribution in [2.75, 3.05) is 5.32 Å². The Morgan fingerprint density at radius 1 is 1.05 bits per heavy atom. The zero-order chi connectivity index (χ0) is 14.9. The molecule has 3 nitrogen and oxygen atoms in total. The lowest BCUT2D eigenvalue weighted by atomic mass is 10.2. The second-order valence-corrected chi connectivity index (χ2v) is 5.66. The van der Waals surface area contributed by atoms with Gasteiger partial charge in [-0.1, -0.05) is 48.7 Å². The van der Waals surface area contributed by atoms with Crippen molar-refractivity contribution in [2.45, 2.75) is 19.8 Å². The molecule has 2 rings (SSSR count). The van der Waals surface area contributed by atoms with Gasteiger partial charge in [-0.25, -0.2) is 14.4 Å². The molecule has 1 aromatic heterocycles. The molecule has 106 valence electrons. The third-order valence-corrected chi connectivity index (χ3v) is 3.28. The van der Waals surface area contributed by atoms with Crippen molar-refractivity contribution in [3.63, 3.8) is 0 Å². The summed E-state index contributed by atoms with van der Waals surface area (Å²) in [5, 5.41) is 3.57. The zero-order valence-corrected chi connectivity index (χ0v) is 13.0. The maximum Gasteiger partial charge on any atom is 0.135 e. The molecule has 1 heterocycles. The van der Waals surface area contributed by atoms with E-state index in [1.54, 1.807) is 6.07 Å². The van der Waals surface area contributed by atoms with Crippen molar-refractivity contribution in [1.29, 1.82) is 0 Å². The van der Waals surface area contributed by atoms with E-state index < -0.39 is 5.82 Å². The highest BCUT2D eigenvalue weighted by Crippen LogP contribution is 2.33. The van der Waals surface area contributed by atoms with Gasteiger partial charge in [0.2, 0.25) is 0 Å². The van der Waals surface area contributed by atoms with E-state index in [2.05, 4.69) is 15.3 Å². The van der Waals surface area contributed by atoms with Gasteiger partial charge < -0.3 is 5.32 Å². The minimum Gasteiger partial charge on any atom is -0.338 e. The number of halogens is 4. The van der Waals surface area contributed by atoms with Gasteiger partial charge in [-0.2, -0.15) is 0 Å². The molecular formula is C13H11Cl3FN3. The van der Waals surface area contributed by atoms with E-state index in [1.807, 2.05) is 13.8 Å². The Balaban J connectivity index is 2.40. The van der Waals surface area contributed by atoms with Gasteiger partial charge in [-0.05, 0) is 12.1 Å². The van der Waals surface area contributed by atoms with Gasteiger partial charge >= 0.3 is 0 Å². The van der Waals surface area contributed by atoms with E-state index in [1.165, 1.54) is 12.1 Å². The van der Waals surface area contributed by atoms with Crippen molar-refractivity contribution >= 4 is 46.3 Å². The van der Waals surface area contributed by atoms with Crippen molar-refractivity contribution in [3.8, 4) is 0 Å². The summed E-state index contributed by atoms with van der Waals surface area (Å²) in [7, 11) is 0. The maximum atomic E-state index is 13.1. The molecule has 0 unspecified atom stereocenters. The molecule has 7 heteroatoms. The predicted molar refractivity (Wildman–Crippen MR) is 80.8 cm³/mol. The first-order valence-corrected chi connectivity index (χ1v) is 6.96. The standard InChI is InChI=1S/C13H11Cl3FN3/c1-6(2)13-18-10(16)5-11(20-13)19-12-8(14)3-7(17)4-9(12)15/h3-6H,1-2H3,(H,18,19,20). The highest BCUT2D eigenvalue weighted by Gasteiger charge is 2.12. The first kappa shape index (κ1) is 15.3. The molecule has 20 heavy (non-hydrogen) atoms.